The third-order valence-corrected chi connectivity index (χ3v) is 3.33. The first-order valence-corrected chi connectivity index (χ1v) is 7.55. The molecule has 1 N–H and O–H groups in total. The molecule has 0 unspecified atom stereocenters. The van der Waals surface area contributed by atoms with E-state index in [1.165, 1.54) is 0 Å². The van der Waals surface area contributed by atoms with Crippen molar-refractivity contribution in [2.45, 2.75) is 12.8 Å². The Balaban J connectivity index is 1.78. The average Bonchev–Trinajstić information content (AvgIpc) is 2.65. The lowest BCUT2D eigenvalue weighted by molar-refractivity contribution is -0.147. The zero-order valence-corrected chi connectivity index (χ0v) is 13.4. The summed E-state index contributed by atoms with van der Waals surface area (Å²) in [7, 11) is 0. The fraction of sp³-hybridized carbons (Fsp3) is 0.167. The number of nitrogens with one attached hydrogen (secondary N) is 1. The van der Waals surface area contributed by atoms with Crippen molar-refractivity contribution in [3.05, 3.63) is 65.5 Å². The number of rotatable bonds is 7. The van der Waals surface area contributed by atoms with Crippen molar-refractivity contribution in [3.8, 4) is 0 Å². The van der Waals surface area contributed by atoms with Crippen molar-refractivity contribution >= 4 is 23.3 Å². The lowest BCUT2D eigenvalue weighted by Crippen LogP contribution is -2.22. The van der Waals surface area contributed by atoms with E-state index in [2.05, 4.69) is 4.74 Å². The van der Waals surface area contributed by atoms with Crippen LogP contribution in [0.3, 0.4) is 0 Å². The fourth-order valence-corrected chi connectivity index (χ4v) is 2.01. The summed E-state index contributed by atoms with van der Waals surface area (Å²) in [5.41, 5.74) is -0.129. The third-order valence-electron chi connectivity index (χ3n) is 3.33. The minimum atomic E-state index is -1.72. The number of ether oxygens (including phenoxy) is 1. The van der Waals surface area contributed by atoms with Gasteiger partial charge >= 0.3 is 5.97 Å². The van der Waals surface area contributed by atoms with Crippen LogP contribution in [0.15, 0.2) is 42.5 Å². The Hall–Kier alpha value is -3.16. The van der Waals surface area contributed by atoms with Crippen molar-refractivity contribution in [3.63, 3.8) is 0 Å². The summed E-state index contributed by atoms with van der Waals surface area (Å²) in [6, 6.07) is 9.83. The second kappa shape index (κ2) is 8.80. The average molecular weight is 365 g/mol. The van der Waals surface area contributed by atoms with E-state index >= 15 is 0 Å². The van der Waals surface area contributed by atoms with E-state index in [4.69, 9.17) is 0 Å². The first-order chi connectivity index (χ1) is 12.4. The predicted molar refractivity (Wildman–Crippen MR) is 85.9 cm³/mol. The maximum absolute atomic E-state index is 13.4. The number of carbonyl (C=O) groups is 3. The van der Waals surface area contributed by atoms with Gasteiger partial charge in [0.2, 0.25) is 0 Å². The van der Waals surface area contributed by atoms with Crippen molar-refractivity contribution in [1.29, 1.82) is 0 Å². The topological polar surface area (TPSA) is 72.5 Å². The molecule has 0 atom stereocenters. The van der Waals surface area contributed by atoms with E-state index in [9.17, 15) is 27.6 Å². The quantitative estimate of drug-likeness (QED) is 0.464. The van der Waals surface area contributed by atoms with Crippen LogP contribution in [0.4, 0.5) is 18.9 Å². The lowest BCUT2D eigenvalue weighted by atomic mass is 10.1. The number of hydrogen-bond donors (Lipinski definition) is 1. The molecule has 0 heterocycles. The van der Waals surface area contributed by atoms with Crippen LogP contribution >= 0.6 is 0 Å². The second-order valence-electron chi connectivity index (χ2n) is 5.22. The molecule has 0 bridgehead atoms. The molecule has 1 amide bonds. The van der Waals surface area contributed by atoms with Crippen LogP contribution in [-0.4, -0.2) is 24.3 Å². The molecule has 0 aliphatic heterocycles. The minimum Gasteiger partial charge on any atom is -0.456 e. The highest BCUT2D eigenvalue weighted by Crippen LogP contribution is 2.19. The SMILES string of the molecule is O=C(COC(=O)CCC(=O)c1ccccc1)Nc1ccc(F)c(F)c1F. The summed E-state index contributed by atoms with van der Waals surface area (Å²) in [4.78, 5) is 35.0. The van der Waals surface area contributed by atoms with Gasteiger partial charge < -0.3 is 10.1 Å². The van der Waals surface area contributed by atoms with E-state index in [1.807, 2.05) is 5.32 Å². The van der Waals surface area contributed by atoms with Crippen molar-refractivity contribution < 1.29 is 32.3 Å². The summed E-state index contributed by atoms with van der Waals surface area (Å²) < 4.78 is 43.9. The zero-order chi connectivity index (χ0) is 19.1. The molecule has 2 rings (SSSR count). The van der Waals surface area contributed by atoms with Gasteiger partial charge in [-0.15, -0.1) is 0 Å². The second-order valence-corrected chi connectivity index (χ2v) is 5.22. The summed E-state index contributed by atoms with van der Waals surface area (Å²) in [6.07, 6.45) is -0.331. The number of esters is 1. The lowest BCUT2D eigenvalue weighted by Gasteiger charge is -2.08. The van der Waals surface area contributed by atoms with Crippen LogP contribution in [0.25, 0.3) is 0 Å². The number of halogens is 3. The molecule has 2 aromatic rings. The van der Waals surface area contributed by atoms with Gasteiger partial charge in [0.15, 0.2) is 29.8 Å². The molecule has 0 aliphatic rings. The monoisotopic (exact) mass is 365 g/mol. The van der Waals surface area contributed by atoms with Gasteiger partial charge in [-0.1, -0.05) is 30.3 Å². The number of benzene rings is 2. The molecule has 0 spiro atoms. The molecule has 0 saturated carbocycles. The maximum Gasteiger partial charge on any atom is 0.306 e. The van der Waals surface area contributed by atoms with Crippen LogP contribution in [-0.2, 0) is 14.3 Å². The Morgan fingerprint density at radius 3 is 2.27 bits per heavy atom. The first kappa shape index (κ1) is 19.2. The number of hydrogen-bond acceptors (Lipinski definition) is 4. The van der Waals surface area contributed by atoms with Crippen molar-refractivity contribution in [2.75, 3.05) is 11.9 Å². The number of carbonyl (C=O) groups excluding carboxylic acids is 3. The Morgan fingerprint density at radius 1 is 0.885 bits per heavy atom. The summed E-state index contributed by atoms with van der Waals surface area (Å²) in [5, 5.41) is 1.96. The smallest absolute Gasteiger partial charge is 0.306 e. The van der Waals surface area contributed by atoms with Gasteiger partial charge in [0.25, 0.3) is 5.91 Å². The molecular weight excluding hydrogens is 351 g/mol. The summed E-state index contributed by atoms with van der Waals surface area (Å²) >= 11 is 0. The standard InChI is InChI=1S/C18H14F3NO4/c19-12-6-7-13(18(21)17(12)20)22-15(24)10-26-16(25)9-8-14(23)11-4-2-1-3-5-11/h1-7H,8-10H2,(H,22,24). The van der Waals surface area contributed by atoms with Gasteiger partial charge in [-0.05, 0) is 12.1 Å². The zero-order valence-electron chi connectivity index (χ0n) is 13.4. The fourth-order valence-electron chi connectivity index (χ4n) is 2.01. The Labute approximate surface area is 146 Å². The van der Waals surface area contributed by atoms with E-state index < -0.39 is 41.6 Å². The highest BCUT2D eigenvalue weighted by atomic mass is 19.2. The van der Waals surface area contributed by atoms with Gasteiger partial charge in [-0.2, -0.15) is 0 Å². The van der Waals surface area contributed by atoms with E-state index in [0.717, 1.165) is 6.07 Å². The maximum atomic E-state index is 13.4. The van der Waals surface area contributed by atoms with Gasteiger partial charge in [-0.3, -0.25) is 14.4 Å². The van der Waals surface area contributed by atoms with Gasteiger partial charge in [-0.25, -0.2) is 13.2 Å². The molecule has 26 heavy (non-hydrogen) atoms. The molecule has 0 fully saturated rings. The molecule has 136 valence electrons. The molecule has 2 aromatic carbocycles. The third kappa shape index (κ3) is 5.17. The van der Waals surface area contributed by atoms with Crippen molar-refractivity contribution in [2.24, 2.45) is 0 Å². The number of Topliss-reactive ketones (excluding diaryl/α,β-unsaturated/α-hetero) is 1. The van der Waals surface area contributed by atoms with Crippen LogP contribution in [0, 0.1) is 17.5 Å². The van der Waals surface area contributed by atoms with Crippen LogP contribution in [0.2, 0.25) is 0 Å². The Kier molecular flexibility index (Phi) is 6.48. The summed E-state index contributed by atoms with van der Waals surface area (Å²) in [5.74, 6) is -6.66. The normalized spacial score (nSPS) is 10.3. The van der Waals surface area contributed by atoms with Crippen LogP contribution in [0.1, 0.15) is 23.2 Å². The molecule has 0 saturated heterocycles. The molecule has 5 nitrogen and oxygen atoms in total. The molecule has 0 radical (unpaired) electrons. The van der Waals surface area contributed by atoms with E-state index in [-0.39, 0.29) is 18.6 Å². The molecular formula is C18H14F3NO4. The number of anilines is 1. The minimum absolute atomic E-state index is 0.0950. The van der Waals surface area contributed by atoms with Crippen molar-refractivity contribution in [1.82, 2.24) is 0 Å². The number of ketones is 1. The Bertz CT molecular complexity index is 825. The molecule has 0 aromatic heterocycles. The molecule has 8 heteroatoms. The van der Waals surface area contributed by atoms with E-state index in [1.54, 1.807) is 30.3 Å². The van der Waals surface area contributed by atoms with Gasteiger partial charge in [0, 0.05) is 12.0 Å². The van der Waals surface area contributed by atoms with E-state index in [0.29, 0.717) is 11.6 Å². The first-order valence-electron chi connectivity index (χ1n) is 7.55. The van der Waals surface area contributed by atoms with Gasteiger partial charge in [0.1, 0.15) is 0 Å². The van der Waals surface area contributed by atoms with Crippen LogP contribution in [0.5, 0.6) is 0 Å². The highest BCUT2D eigenvalue weighted by molar-refractivity contribution is 5.97. The highest BCUT2D eigenvalue weighted by Gasteiger charge is 2.16. The number of amides is 1. The van der Waals surface area contributed by atoms with Crippen LogP contribution < -0.4 is 5.32 Å². The largest absolute Gasteiger partial charge is 0.456 e. The molecule has 0 aliphatic carbocycles. The predicted octanol–water partition coefficient (Wildman–Crippen LogP) is 3.25. The van der Waals surface area contributed by atoms with Gasteiger partial charge in [0.05, 0.1) is 12.1 Å². The summed E-state index contributed by atoms with van der Waals surface area (Å²) in [6.45, 7) is -0.753. The Morgan fingerprint density at radius 2 is 1.58 bits per heavy atom.